The van der Waals surface area contributed by atoms with Crippen LogP contribution < -0.4 is 4.74 Å². The lowest BCUT2D eigenvalue weighted by atomic mass is 9.44. The summed E-state index contributed by atoms with van der Waals surface area (Å²) >= 11 is 18.8. The van der Waals surface area contributed by atoms with Crippen LogP contribution in [0.1, 0.15) is 139 Å². The second-order valence-electron chi connectivity index (χ2n) is 20.2. The van der Waals surface area contributed by atoms with Crippen molar-refractivity contribution in [2.75, 3.05) is 12.4 Å². The van der Waals surface area contributed by atoms with E-state index in [1.54, 1.807) is 19.2 Å². The van der Waals surface area contributed by atoms with Crippen molar-refractivity contribution in [2.45, 2.75) is 121 Å². The van der Waals surface area contributed by atoms with Crippen molar-refractivity contribution in [2.24, 2.45) is 69.0 Å². The number of aromatic hydroxyl groups is 1. The molecule has 14 heteroatoms. The largest absolute Gasteiger partial charge is 0.508 e. The Bertz CT molecular complexity index is 1890. The number of halogens is 5. The van der Waals surface area contributed by atoms with Crippen LogP contribution in [-0.2, 0) is 9.59 Å². The zero-order valence-corrected chi connectivity index (χ0v) is 44.6. The van der Waals surface area contributed by atoms with Gasteiger partial charge in [0, 0.05) is 23.0 Å². The summed E-state index contributed by atoms with van der Waals surface area (Å²) in [5.41, 5.74) is 2.62. The maximum atomic E-state index is 13.8. The van der Waals surface area contributed by atoms with Crippen molar-refractivity contribution in [3.8, 4) is 11.5 Å². The summed E-state index contributed by atoms with van der Waals surface area (Å²) < 4.78 is 5.65. The zero-order chi connectivity index (χ0) is 47.3. The van der Waals surface area contributed by atoms with Crippen molar-refractivity contribution in [3.63, 3.8) is 0 Å². The number of hydrogen-bond acceptors (Lipinski definition) is 6. The lowest BCUT2D eigenvalue weighted by Crippen LogP contribution is -2.57. The van der Waals surface area contributed by atoms with Crippen LogP contribution in [-0.4, -0.2) is 54.5 Å². The van der Waals surface area contributed by atoms with Gasteiger partial charge in [0.25, 0.3) is 0 Å². The Morgan fingerprint density at radius 2 is 1.03 bits per heavy atom. The van der Waals surface area contributed by atoms with E-state index in [0.717, 1.165) is 49.7 Å². The lowest BCUT2D eigenvalue weighted by Gasteiger charge is -2.59. The third-order valence-electron chi connectivity index (χ3n) is 15.4. The molecule has 10 atom stereocenters. The number of carbonyl (C=O) groups is 4. The quantitative estimate of drug-likeness (QED) is 0.142. The molecule has 62 heavy (non-hydrogen) atoms. The third-order valence-corrected chi connectivity index (χ3v) is 15.4. The molecule has 4 saturated carbocycles. The number of alkyl halides is 2. The van der Waals surface area contributed by atoms with E-state index in [9.17, 15) is 34.5 Å². The SMILES string of the molecule is BrB(Br)Br.COc1cc(C)cc(C(=O)[C@H]2[C@H](C)C(C(=O)O)C[C@H]3C(C)(C)CCC[C@]23C)c1.Cc1cc(O)cc(C(=O)[C@H]2[C@H](C)C(C(=O)O)C[C@H]3C(C)(C)CCC[C@]23C)c1.ClCCl. The Kier molecular flexibility index (Phi) is 19.7. The van der Waals surface area contributed by atoms with Gasteiger partial charge in [-0.15, -0.1) is 70.5 Å². The van der Waals surface area contributed by atoms with Gasteiger partial charge in [-0.25, -0.2) is 0 Å². The summed E-state index contributed by atoms with van der Waals surface area (Å²) in [5, 5.41) is 30.0. The summed E-state index contributed by atoms with van der Waals surface area (Å²) in [7, 11) is 1.60. The number of Topliss-reactive ketones (excluding diaryl/α,β-unsaturated/α-hetero) is 2. The fourth-order valence-electron chi connectivity index (χ4n) is 12.9. The van der Waals surface area contributed by atoms with E-state index in [4.69, 9.17) is 27.9 Å². The number of rotatable bonds is 7. The molecule has 4 aliphatic carbocycles. The van der Waals surface area contributed by atoms with Gasteiger partial charge in [0.2, 0.25) is 0 Å². The smallest absolute Gasteiger partial charge is 0.369 e. The van der Waals surface area contributed by atoms with Crippen LogP contribution in [0.4, 0.5) is 0 Å². The van der Waals surface area contributed by atoms with Crippen molar-refractivity contribution >= 4 is 97.2 Å². The number of ketones is 2. The van der Waals surface area contributed by atoms with Crippen molar-refractivity contribution in [3.05, 3.63) is 58.7 Å². The molecule has 8 nitrogen and oxygen atoms in total. The van der Waals surface area contributed by atoms with Gasteiger partial charge in [0.05, 0.1) is 24.3 Å². The molecule has 0 heterocycles. The monoisotopic (exact) mass is 1090 g/mol. The molecule has 4 aliphatic rings. The molecule has 6 rings (SSSR count). The molecule has 0 radical (unpaired) electrons. The van der Waals surface area contributed by atoms with E-state index in [2.05, 4.69) is 88.8 Å². The first kappa shape index (κ1) is 54.7. The summed E-state index contributed by atoms with van der Waals surface area (Å²) in [6, 6.07) is 10.6. The molecule has 3 N–H and O–H groups in total. The van der Waals surface area contributed by atoms with Gasteiger partial charge in [-0.3, -0.25) is 19.2 Å². The topological polar surface area (TPSA) is 138 Å². The number of ether oxygens (including phenoxy) is 1. The van der Waals surface area contributed by atoms with E-state index in [1.165, 1.54) is 6.07 Å². The minimum Gasteiger partial charge on any atom is -0.508 e. The first-order chi connectivity index (χ1) is 28.6. The number of aryl methyl sites for hydroxylation is 2. The average molecular weight is 1090 g/mol. The van der Waals surface area contributed by atoms with Gasteiger partial charge in [-0.2, -0.15) is 0 Å². The number of carboxylic acid groups (broad SMARTS) is 2. The molecular formula is C48H68BBr3Cl2O8. The van der Waals surface area contributed by atoms with Crippen molar-refractivity contribution in [1.82, 2.24) is 0 Å². The number of carboxylic acids is 2. The molecule has 0 saturated heterocycles. The molecule has 2 aromatic rings. The fourth-order valence-corrected chi connectivity index (χ4v) is 12.9. The molecule has 0 aromatic heterocycles. The molecule has 0 aliphatic heterocycles. The van der Waals surface area contributed by atoms with Crippen LogP contribution in [0, 0.1) is 82.9 Å². The minimum atomic E-state index is -0.796. The van der Waals surface area contributed by atoms with Gasteiger partial charge in [0.1, 0.15) is 11.5 Å². The first-order valence-electron chi connectivity index (χ1n) is 21.7. The molecule has 4 fully saturated rings. The Balaban J connectivity index is 0.000000287. The Hall–Kier alpha value is -1.60. The number of carbonyl (C=O) groups excluding carboxylic acids is 2. The maximum absolute atomic E-state index is 13.8. The predicted octanol–water partition coefficient (Wildman–Crippen LogP) is 14.0. The molecule has 0 spiro atoms. The molecule has 2 unspecified atom stereocenters. The average Bonchev–Trinajstić information content (AvgIpc) is 3.13. The van der Waals surface area contributed by atoms with Gasteiger partial charge in [0.15, 0.2) is 11.6 Å². The molecular weight excluding hydrogens is 1030 g/mol. The van der Waals surface area contributed by atoms with E-state index >= 15 is 0 Å². The van der Waals surface area contributed by atoms with Gasteiger partial charge in [-0.05, 0) is 145 Å². The highest BCUT2D eigenvalue weighted by molar-refractivity contribution is 9.69. The predicted molar refractivity (Wildman–Crippen MR) is 264 cm³/mol. The molecule has 346 valence electrons. The summed E-state index contributed by atoms with van der Waals surface area (Å²) in [6.07, 6.45) is 7.55. The number of methoxy groups -OCH3 is 1. The zero-order valence-electron chi connectivity index (χ0n) is 38.3. The number of fused-ring (bicyclic) bond motifs is 2. The van der Waals surface area contributed by atoms with Crippen molar-refractivity contribution in [1.29, 1.82) is 0 Å². The van der Waals surface area contributed by atoms with Crippen LogP contribution in [0.3, 0.4) is 0 Å². The van der Waals surface area contributed by atoms with Crippen LogP contribution in [0.2, 0.25) is 0 Å². The second-order valence-corrected chi connectivity index (χ2v) is 27.5. The Labute approximate surface area is 405 Å². The van der Waals surface area contributed by atoms with Crippen LogP contribution in [0.15, 0.2) is 36.4 Å². The van der Waals surface area contributed by atoms with E-state index in [1.807, 2.05) is 45.9 Å². The highest BCUT2D eigenvalue weighted by Gasteiger charge is 2.61. The molecule has 2 aromatic carbocycles. The summed E-state index contributed by atoms with van der Waals surface area (Å²) in [4.78, 5) is 51.6. The number of phenolic OH excluding ortho intramolecular Hbond substituents is 1. The molecule has 0 bridgehead atoms. The van der Waals surface area contributed by atoms with Gasteiger partial charge < -0.3 is 20.1 Å². The van der Waals surface area contributed by atoms with Gasteiger partial charge >= 0.3 is 15.1 Å². The Morgan fingerprint density at radius 1 is 0.677 bits per heavy atom. The fraction of sp³-hybridized carbons (Fsp3) is 0.667. The van der Waals surface area contributed by atoms with E-state index < -0.39 is 23.8 Å². The normalized spacial score (nSPS) is 31.6. The van der Waals surface area contributed by atoms with E-state index in [-0.39, 0.29) is 83.0 Å². The number of hydrogen-bond donors (Lipinski definition) is 3. The number of benzene rings is 2. The van der Waals surface area contributed by atoms with Crippen LogP contribution in [0.25, 0.3) is 0 Å². The third kappa shape index (κ3) is 12.4. The highest BCUT2D eigenvalue weighted by atomic mass is 79.9. The minimum absolute atomic E-state index is 0.0161. The highest BCUT2D eigenvalue weighted by Crippen LogP contribution is 2.64. The second kappa shape index (κ2) is 22.3. The molecule has 0 amide bonds. The lowest BCUT2D eigenvalue weighted by molar-refractivity contribution is -0.158. The standard InChI is InChI=1S/C24H34O4.C23H32O4.CH2Cl2.BBr3/c1-14-10-16(12-17(11-14)28-6)21(25)20-15(2)18(22(26)27)13-19-23(3,4)8-7-9-24(19,20)5;1-13-9-15(11-16(24)10-13)20(25)19-14(2)17(21(26)27)12-18-22(3,4)7-6-8-23(18,19)5;2-1-3;2-1(3)4/h10-12,15,18-20H,7-9,13H2,1-6H3,(H,26,27);9-11,14,17-19,24H,6-8,12H2,1-5H3,(H,26,27);1H2;/t15-,18?,19+,20-,24+;14-,17?,18+,19-,23+;;/m11../s1. The van der Waals surface area contributed by atoms with Crippen LogP contribution >= 0.6 is 70.5 Å². The van der Waals surface area contributed by atoms with Crippen LogP contribution in [0.5, 0.6) is 11.5 Å². The van der Waals surface area contributed by atoms with Gasteiger partial charge in [-0.1, -0.05) is 68.2 Å². The Morgan fingerprint density at radius 3 is 1.37 bits per heavy atom. The number of phenols is 1. The summed E-state index contributed by atoms with van der Waals surface area (Å²) in [5.74, 6) is -2.36. The van der Waals surface area contributed by atoms with E-state index in [0.29, 0.717) is 29.7 Å². The summed E-state index contributed by atoms with van der Waals surface area (Å²) in [6.45, 7) is 21.1. The first-order valence-corrected chi connectivity index (χ1v) is 25.5. The number of aliphatic carboxylic acids is 2. The van der Waals surface area contributed by atoms with Crippen molar-refractivity contribution < 1.29 is 39.2 Å². The maximum Gasteiger partial charge on any atom is 0.369 e.